The summed E-state index contributed by atoms with van der Waals surface area (Å²) in [6.45, 7) is 1.05. The highest BCUT2D eigenvalue weighted by Gasteiger charge is 2.28. The van der Waals surface area contributed by atoms with Gasteiger partial charge in [0.15, 0.2) is 5.69 Å². The molecule has 1 aliphatic rings. The van der Waals surface area contributed by atoms with Gasteiger partial charge in [0.1, 0.15) is 18.2 Å². The van der Waals surface area contributed by atoms with Crippen LogP contribution in [0.3, 0.4) is 0 Å². The molecule has 35 heavy (non-hydrogen) atoms. The number of aromatic hydroxyl groups is 1. The maximum atomic E-state index is 13.0. The van der Waals surface area contributed by atoms with Crippen molar-refractivity contribution >= 4 is 12.0 Å². The molecule has 1 aromatic heterocycles. The molecule has 10 heteroatoms. The number of H-pyrrole nitrogens is 1. The molecule has 1 fully saturated rings. The van der Waals surface area contributed by atoms with Gasteiger partial charge in [-0.3, -0.25) is 9.59 Å². The molecule has 0 bridgehead atoms. The second kappa shape index (κ2) is 10.8. The number of aromatic amines is 1. The number of aromatic nitrogens is 2. The van der Waals surface area contributed by atoms with Crippen LogP contribution in [-0.4, -0.2) is 45.1 Å². The van der Waals surface area contributed by atoms with E-state index >= 15 is 0 Å². The van der Waals surface area contributed by atoms with Crippen molar-refractivity contribution in [1.29, 1.82) is 0 Å². The minimum absolute atomic E-state index is 0.0752. The van der Waals surface area contributed by atoms with Gasteiger partial charge in [0, 0.05) is 25.6 Å². The number of hydrogen-bond donors (Lipinski definition) is 3. The quantitative estimate of drug-likeness (QED) is 0.498. The summed E-state index contributed by atoms with van der Waals surface area (Å²) in [7, 11) is 0. The van der Waals surface area contributed by atoms with E-state index in [0.29, 0.717) is 31.5 Å². The minimum Gasteiger partial charge on any atom is -0.501 e. The summed E-state index contributed by atoms with van der Waals surface area (Å²) in [6, 6.07) is 15.0. The molecule has 2 heterocycles. The summed E-state index contributed by atoms with van der Waals surface area (Å²) in [5, 5.41) is 12.7. The summed E-state index contributed by atoms with van der Waals surface area (Å²) in [5.41, 5.74) is 0.352. The predicted octanol–water partition coefficient (Wildman–Crippen LogP) is 3.06. The standard InChI is InChI=1S/C25H25FN4O5/c26-19-8-6-16(7-9-19)14-27-23(32)20-21(31)24(33)29-22(28-20)18-10-12-30(13-11-18)25(34)35-15-17-4-2-1-3-5-17/h1-9,18,31H,10-15H2,(H,27,32)(H,28,29,33). The fraction of sp³-hybridized carbons (Fsp3) is 0.280. The monoisotopic (exact) mass is 480 g/mol. The first-order valence-corrected chi connectivity index (χ1v) is 11.2. The molecular weight excluding hydrogens is 455 g/mol. The number of ether oxygens (including phenoxy) is 1. The van der Waals surface area contributed by atoms with Crippen LogP contribution in [0.1, 0.15) is 46.2 Å². The van der Waals surface area contributed by atoms with Crippen molar-refractivity contribution in [2.24, 2.45) is 0 Å². The van der Waals surface area contributed by atoms with Gasteiger partial charge >= 0.3 is 6.09 Å². The number of nitrogens with zero attached hydrogens (tertiary/aromatic N) is 2. The van der Waals surface area contributed by atoms with Gasteiger partial charge in [-0.05, 0) is 36.1 Å². The summed E-state index contributed by atoms with van der Waals surface area (Å²) in [5.74, 6) is -1.82. The average Bonchev–Trinajstić information content (AvgIpc) is 2.89. The van der Waals surface area contributed by atoms with Crippen molar-refractivity contribution in [1.82, 2.24) is 20.2 Å². The van der Waals surface area contributed by atoms with Crippen molar-refractivity contribution in [2.45, 2.75) is 31.9 Å². The zero-order valence-corrected chi connectivity index (χ0v) is 18.9. The highest BCUT2D eigenvalue weighted by molar-refractivity contribution is 5.94. The van der Waals surface area contributed by atoms with Crippen LogP contribution >= 0.6 is 0 Å². The van der Waals surface area contributed by atoms with Crippen molar-refractivity contribution in [2.75, 3.05) is 13.1 Å². The van der Waals surface area contributed by atoms with Crippen LogP contribution in [0.2, 0.25) is 0 Å². The maximum absolute atomic E-state index is 13.0. The van der Waals surface area contributed by atoms with E-state index in [4.69, 9.17) is 4.74 Å². The summed E-state index contributed by atoms with van der Waals surface area (Å²) in [4.78, 5) is 45.6. The average molecular weight is 480 g/mol. The first kappa shape index (κ1) is 23.9. The molecule has 3 aromatic rings. The number of benzene rings is 2. The van der Waals surface area contributed by atoms with E-state index in [1.807, 2.05) is 30.3 Å². The topological polar surface area (TPSA) is 125 Å². The molecule has 0 radical (unpaired) electrons. The third-order valence-corrected chi connectivity index (χ3v) is 5.84. The second-order valence-electron chi connectivity index (χ2n) is 8.26. The fourth-order valence-electron chi connectivity index (χ4n) is 3.85. The van der Waals surface area contributed by atoms with Gasteiger partial charge in [0.2, 0.25) is 5.75 Å². The minimum atomic E-state index is -0.813. The smallest absolute Gasteiger partial charge is 0.410 e. The Hall–Kier alpha value is -4.21. The van der Waals surface area contributed by atoms with E-state index < -0.39 is 29.1 Å². The third-order valence-electron chi connectivity index (χ3n) is 5.84. The first-order valence-electron chi connectivity index (χ1n) is 11.2. The van der Waals surface area contributed by atoms with Gasteiger partial charge < -0.3 is 25.0 Å². The number of hydrogen-bond acceptors (Lipinski definition) is 6. The largest absolute Gasteiger partial charge is 0.501 e. The van der Waals surface area contributed by atoms with E-state index in [1.165, 1.54) is 24.3 Å². The van der Waals surface area contributed by atoms with E-state index in [0.717, 1.165) is 5.56 Å². The number of piperidine rings is 1. The van der Waals surface area contributed by atoms with Crippen LogP contribution < -0.4 is 10.9 Å². The Morgan fingerprint density at radius 3 is 2.46 bits per heavy atom. The molecule has 0 saturated carbocycles. The van der Waals surface area contributed by atoms with Crippen LogP contribution in [-0.2, 0) is 17.9 Å². The molecule has 2 aromatic carbocycles. The molecule has 4 rings (SSSR count). The van der Waals surface area contributed by atoms with Crippen molar-refractivity contribution in [3.8, 4) is 5.75 Å². The Morgan fingerprint density at radius 2 is 1.77 bits per heavy atom. The van der Waals surface area contributed by atoms with Gasteiger partial charge in [0.25, 0.3) is 11.5 Å². The maximum Gasteiger partial charge on any atom is 0.410 e. The number of rotatable bonds is 6. The summed E-state index contributed by atoms with van der Waals surface area (Å²) in [6.07, 6.45) is 0.593. The Bertz CT molecular complexity index is 1240. The molecule has 1 aliphatic heterocycles. The molecule has 0 atom stereocenters. The Morgan fingerprint density at radius 1 is 1.09 bits per heavy atom. The number of carbonyl (C=O) groups is 2. The lowest BCUT2D eigenvalue weighted by molar-refractivity contribution is 0.0866. The predicted molar refractivity (Wildman–Crippen MR) is 124 cm³/mol. The van der Waals surface area contributed by atoms with Crippen LogP contribution in [0.5, 0.6) is 5.75 Å². The van der Waals surface area contributed by atoms with E-state index in [9.17, 15) is 23.9 Å². The van der Waals surface area contributed by atoms with Gasteiger partial charge in [-0.15, -0.1) is 0 Å². The van der Waals surface area contributed by atoms with Crippen LogP contribution in [0.15, 0.2) is 59.4 Å². The lowest BCUT2D eigenvalue weighted by Crippen LogP contribution is -2.39. The molecule has 3 N–H and O–H groups in total. The van der Waals surface area contributed by atoms with Crippen LogP contribution in [0, 0.1) is 5.82 Å². The number of amides is 2. The van der Waals surface area contributed by atoms with E-state index in [1.54, 1.807) is 4.90 Å². The van der Waals surface area contributed by atoms with Crippen molar-refractivity contribution in [3.63, 3.8) is 0 Å². The van der Waals surface area contributed by atoms with E-state index in [2.05, 4.69) is 15.3 Å². The van der Waals surface area contributed by atoms with E-state index in [-0.39, 0.29) is 30.6 Å². The van der Waals surface area contributed by atoms with Gasteiger partial charge in [-0.2, -0.15) is 0 Å². The fourth-order valence-corrected chi connectivity index (χ4v) is 3.85. The first-order chi connectivity index (χ1) is 16.9. The second-order valence-corrected chi connectivity index (χ2v) is 8.26. The highest BCUT2D eigenvalue weighted by atomic mass is 19.1. The Kier molecular flexibility index (Phi) is 7.39. The van der Waals surface area contributed by atoms with Gasteiger partial charge in [0.05, 0.1) is 0 Å². The summed E-state index contributed by atoms with van der Waals surface area (Å²) < 4.78 is 18.4. The van der Waals surface area contributed by atoms with Gasteiger partial charge in [-0.1, -0.05) is 42.5 Å². The molecule has 9 nitrogen and oxygen atoms in total. The molecule has 1 saturated heterocycles. The lowest BCUT2D eigenvalue weighted by Gasteiger charge is -2.30. The molecular formula is C25H25FN4O5. The zero-order valence-electron chi connectivity index (χ0n) is 18.9. The number of nitrogens with one attached hydrogen (secondary N) is 2. The van der Waals surface area contributed by atoms with Crippen molar-refractivity contribution in [3.05, 3.63) is 93.4 Å². The molecule has 182 valence electrons. The highest BCUT2D eigenvalue weighted by Crippen LogP contribution is 2.26. The Balaban J connectivity index is 1.36. The molecule has 2 amide bonds. The zero-order chi connectivity index (χ0) is 24.8. The molecule has 0 aliphatic carbocycles. The number of carbonyl (C=O) groups excluding carboxylic acids is 2. The van der Waals surface area contributed by atoms with Crippen molar-refractivity contribution < 1.29 is 23.8 Å². The molecule has 0 spiro atoms. The van der Waals surface area contributed by atoms with Crippen LogP contribution in [0.4, 0.5) is 9.18 Å². The van der Waals surface area contributed by atoms with Crippen LogP contribution in [0.25, 0.3) is 0 Å². The summed E-state index contributed by atoms with van der Waals surface area (Å²) >= 11 is 0. The normalized spacial score (nSPS) is 13.9. The third kappa shape index (κ3) is 6.03. The SMILES string of the molecule is O=C(NCc1ccc(F)cc1)c1nc(C2CCN(C(=O)OCc3ccccc3)CC2)[nH]c(=O)c1O. The Labute approximate surface area is 200 Å². The van der Waals surface area contributed by atoms with Gasteiger partial charge in [-0.25, -0.2) is 14.2 Å². The number of halogens is 1. The number of likely N-dealkylation sites (tertiary alicyclic amines) is 1. The molecule has 0 unspecified atom stereocenters. The lowest BCUT2D eigenvalue weighted by atomic mass is 9.96.